The van der Waals surface area contributed by atoms with Crippen molar-refractivity contribution in [3.63, 3.8) is 0 Å². The van der Waals surface area contributed by atoms with Crippen molar-refractivity contribution < 1.29 is 27.5 Å². The van der Waals surface area contributed by atoms with Gasteiger partial charge in [-0.15, -0.1) is 13.2 Å². The highest BCUT2D eigenvalue weighted by Gasteiger charge is 2.31. The average molecular weight is 408 g/mol. The minimum absolute atomic E-state index is 0.122. The Morgan fingerprint density at radius 1 is 1.14 bits per heavy atom. The fraction of sp³-hybridized carbons (Fsp3) is 0.368. The van der Waals surface area contributed by atoms with E-state index >= 15 is 0 Å². The molecule has 0 spiro atoms. The van der Waals surface area contributed by atoms with Gasteiger partial charge in [0.1, 0.15) is 17.9 Å². The first kappa shape index (κ1) is 20.6. The smallest absolute Gasteiger partial charge is 0.406 e. The maximum atomic E-state index is 12.6. The van der Waals surface area contributed by atoms with Gasteiger partial charge in [-0.2, -0.15) is 0 Å². The molecule has 2 heterocycles. The largest absolute Gasteiger partial charge is 0.573 e. The third-order valence-electron chi connectivity index (χ3n) is 4.53. The van der Waals surface area contributed by atoms with Crippen LogP contribution in [0.25, 0.3) is 0 Å². The van der Waals surface area contributed by atoms with E-state index in [1.165, 1.54) is 25.4 Å². The Kier molecular flexibility index (Phi) is 6.00. The number of benzene rings is 1. The molecule has 3 rings (SSSR count). The Morgan fingerprint density at radius 3 is 2.38 bits per heavy atom. The maximum absolute atomic E-state index is 12.6. The normalized spacial score (nSPS) is 15.1. The number of anilines is 1. The summed E-state index contributed by atoms with van der Waals surface area (Å²) in [7, 11) is 0. The van der Waals surface area contributed by atoms with Gasteiger partial charge in [0.15, 0.2) is 0 Å². The predicted molar refractivity (Wildman–Crippen MR) is 97.3 cm³/mol. The summed E-state index contributed by atoms with van der Waals surface area (Å²) in [6, 6.07) is 6.61. The van der Waals surface area contributed by atoms with Gasteiger partial charge in [-0.3, -0.25) is 9.59 Å². The lowest BCUT2D eigenvalue weighted by Crippen LogP contribution is -2.38. The molecule has 1 aromatic carbocycles. The summed E-state index contributed by atoms with van der Waals surface area (Å²) < 4.78 is 40.5. The van der Waals surface area contributed by atoms with E-state index in [0.29, 0.717) is 37.3 Å². The number of ether oxygens (including phenoxy) is 1. The van der Waals surface area contributed by atoms with Crippen LogP contribution in [0.1, 0.15) is 41.7 Å². The highest BCUT2D eigenvalue weighted by atomic mass is 19.4. The lowest BCUT2D eigenvalue weighted by Gasteiger charge is -2.32. The van der Waals surface area contributed by atoms with Gasteiger partial charge in [0.2, 0.25) is 5.91 Å². The molecule has 0 radical (unpaired) electrons. The monoisotopic (exact) mass is 408 g/mol. The molecule has 0 bridgehead atoms. The van der Waals surface area contributed by atoms with Gasteiger partial charge >= 0.3 is 6.36 Å². The highest BCUT2D eigenvalue weighted by Crippen LogP contribution is 2.29. The lowest BCUT2D eigenvalue weighted by molar-refractivity contribution is -0.274. The first-order valence-corrected chi connectivity index (χ1v) is 8.96. The SMILES string of the molecule is CC(=O)Nc1cc(C2CCN(C(=O)c3ccc(OC(F)(F)F)cc3)CC2)ncn1. The number of aromatic nitrogens is 2. The molecular weight excluding hydrogens is 389 g/mol. The van der Waals surface area contributed by atoms with Crippen molar-refractivity contribution in [2.75, 3.05) is 18.4 Å². The van der Waals surface area contributed by atoms with Crippen LogP contribution in [0.2, 0.25) is 0 Å². The van der Waals surface area contributed by atoms with Crippen molar-refractivity contribution in [2.24, 2.45) is 0 Å². The highest BCUT2D eigenvalue weighted by molar-refractivity contribution is 5.94. The van der Waals surface area contributed by atoms with Crippen molar-refractivity contribution in [1.29, 1.82) is 0 Å². The van der Waals surface area contributed by atoms with E-state index in [0.717, 1.165) is 17.8 Å². The fourth-order valence-corrected chi connectivity index (χ4v) is 3.20. The summed E-state index contributed by atoms with van der Waals surface area (Å²) in [5, 5.41) is 2.62. The van der Waals surface area contributed by atoms with Gasteiger partial charge in [0.25, 0.3) is 5.91 Å². The molecular formula is C19H19F3N4O3. The van der Waals surface area contributed by atoms with Crippen molar-refractivity contribution in [1.82, 2.24) is 14.9 Å². The van der Waals surface area contributed by atoms with E-state index in [2.05, 4.69) is 20.0 Å². The Labute approximate surface area is 164 Å². The summed E-state index contributed by atoms with van der Waals surface area (Å²) in [6.45, 7) is 2.38. The second-order valence-electron chi connectivity index (χ2n) is 6.65. The van der Waals surface area contributed by atoms with Crippen LogP contribution in [0.4, 0.5) is 19.0 Å². The van der Waals surface area contributed by atoms with Crippen LogP contribution in [0.3, 0.4) is 0 Å². The molecule has 0 atom stereocenters. The van der Waals surface area contributed by atoms with Crippen molar-refractivity contribution in [3.8, 4) is 5.75 Å². The van der Waals surface area contributed by atoms with Gasteiger partial charge in [0.05, 0.1) is 0 Å². The zero-order valence-corrected chi connectivity index (χ0v) is 15.6. The molecule has 0 aliphatic carbocycles. The first-order valence-electron chi connectivity index (χ1n) is 8.96. The molecule has 1 saturated heterocycles. The standard InChI is InChI=1S/C19H19F3N4O3/c1-12(27)25-17-10-16(23-11-24-17)13-6-8-26(9-7-13)18(28)14-2-4-15(5-3-14)29-19(20,21)22/h2-5,10-11,13H,6-9H2,1H3,(H,23,24,25,27). The van der Waals surface area contributed by atoms with Gasteiger partial charge < -0.3 is 15.0 Å². The van der Waals surface area contributed by atoms with Crippen molar-refractivity contribution >= 4 is 17.6 Å². The number of alkyl halides is 3. The van der Waals surface area contributed by atoms with Gasteiger partial charge in [-0.1, -0.05) is 0 Å². The quantitative estimate of drug-likeness (QED) is 0.839. The summed E-state index contributed by atoms with van der Waals surface area (Å²) in [5.41, 5.74) is 1.09. The minimum atomic E-state index is -4.77. The topological polar surface area (TPSA) is 84.4 Å². The molecule has 154 valence electrons. The summed E-state index contributed by atoms with van der Waals surface area (Å²) in [6.07, 6.45) is -2.02. The Morgan fingerprint density at radius 2 is 1.79 bits per heavy atom. The third-order valence-corrected chi connectivity index (χ3v) is 4.53. The molecule has 1 aliphatic rings. The lowest BCUT2D eigenvalue weighted by atomic mass is 9.93. The van der Waals surface area contributed by atoms with E-state index in [1.807, 2.05) is 0 Å². The number of hydrogen-bond donors (Lipinski definition) is 1. The van der Waals surface area contributed by atoms with E-state index in [1.54, 1.807) is 11.0 Å². The molecule has 1 fully saturated rings. The molecule has 29 heavy (non-hydrogen) atoms. The fourth-order valence-electron chi connectivity index (χ4n) is 3.20. The van der Waals surface area contributed by atoms with Crippen LogP contribution >= 0.6 is 0 Å². The zero-order valence-electron chi connectivity index (χ0n) is 15.6. The minimum Gasteiger partial charge on any atom is -0.406 e. The predicted octanol–water partition coefficient (Wildman–Crippen LogP) is 3.35. The van der Waals surface area contributed by atoms with Crippen LogP contribution in [-0.4, -0.2) is 46.1 Å². The maximum Gasteiger partial charge on any atom is 0.573 e. The molecule has 1 N–H and O–H groups in total. The molecule has 1 aromatic heterocycles. The average Bonchev–Trinajstić information content (AvgIpc) is 2.67. The summed E-state index contributed by atoms with van der Waals surface area (Å²) in [4.78, 5) is 33.7. The van der Waals surface area contributed by atoms with Gasteiger partial charge in [-0.05, 0) is 37.1 Å². The molecule has 7 nitrogen and oxygen atoms in total. The number of nitrogens with one attached hydrogen (secondary N) is 1. The summed E-state index contributed by atoms with van der Waals surface area (Å²) >= 11 is 0. The molecule has 0 unspecified atom stereocenters. The van der Waals surface area contributed by atoms with Crippen molar-refractivity contribution in [3.05, 3.63) is 47.9 Å². The number of hydrogen-bond acceptors (Lipinski definition) is 5. The number of rotatable bonds is 4. The Balaban J connectivity index is 1.59. The van der Waals surface area contributed by atoms with Crippen LogP contribution in [0, 0.1) is 0 Å². The van der Waals surface area contributed by atoms with E-state index in [-0.39, 0.29) is 23.5 Å². The molecule has 2 amide bonds. The number of nitrogens with zero attached hydrogens (tertiary/aromatic N) is 3. The van der Waals surface area contributed by atoms with E-state index in [4.69, 9.17) is 0 Å². The Bertz CT molecular complexity index is 879. The number of halogens is 3. The second kappa shape index (κ2) is 8.46. The number of piperidine rings is 1. The molecule has 0 saturated carbocycles. The van der Waals surface area contributed by atoms with E-state index in [9.17, 15) is 22.8 Å². The second-order valence-corrected chi connectivity index (χ2v) is 6.65. The Hall–Kier alpha value is -3.17. The molecule has 10 heteroatoms. The van der Waals surface area contributed by atoms with Crippen molar-refractivity contribution in [2.45, 2.75) is 32.0 Å². The van der Waals surface area contributed by atoms with Gasteiger partial charge in [-0.25, -0.2) is 9.97 Å². The van der Waals surface area contributed by atoms with Crippen LogP contribution in [0.5, 0.6) is 5.75 Å². The van der Waals surface area contributed by atoms with Crippen LogP contribution in [0.15, 0.2) is 36.7 Å². The summed E-state index contributed by atoms with van der Waals surface area (Å²) in [5.74, 6) is -0.281. The number of carbonyl (C=O) groups is 2. The van der Waals surface area contributed by atoms with Crippen LogP contribution in [-0.2, 0) is 4.79 Å². The molecule has 1 aliphatic heterocycles. The first-order chi connectivity index (χ1) is 13.7. The number of likely N-dealkylation sites (tertiary alicyclic amines) is 1. The zero-order chi connectivity index (χ0) is 21.0. The van der Waals surface area contributed by atoms with Crippen LogP contribution < -0.4 is 10.1 Å². The third kappa shape index (κ3) is 5.66. The van der Waals surface area contributed by atoms with Gasteiger partial charge in [0, 0.05) is 43.3 Å². The van der Waals surface area contributed by atoms with E-state index < -0.39 is 6.36 Å². The number of amides is 2. The molecule has 2 aromatic rings. The number of carbonyl (C=O) groups excluding carboxylic acids is 2.